The summed E-state index contributed by atoms with van der Waals surface area (Å²) < 4.78 is 0. The van der Waals surface area contributed by atoms with E-state index < -0.39 is 6.10 Å². The van der Waals surface area contributed by atoms with Gasteiger partial charge in [-0.3, -0.25) is 0 Å². The van der Waals surface area contributed by atoms with E-state index in [1.807, 2.05) is 19.1 Å². The van der Waals surface area contributed by atoms with Gasteiger partial charge in [0.15, 0.2) is 0 Å². The standard InChI is InChI=1S/C8H11NO/c1-6(10)8(2)4-3-7(8)5-9/h3-4,6-7,10H,1-2H3/t6?,7-,8+/m0/s1. The molecule has 1 N–H and O–H groups in total. The number of rotatable bonds is 1. The zero-order valence-corrected chi connectivity index (χ0v) is 6.20. The van der Waals surface area contributed by atoms with Gasteiger partial charge in [0, 0.05) is 5.41 Å². The van der Waals surface area contributed by atoms with Gasteiger partial charge in [-0.15, -0.1) is 0 Å². The Balaban J connectivity index is 2.76. The molecular formula is C8H11NO. The first-order valence-corrected chi connectivity index (χ1v) is 3.38. The highest BCUT2D eigenvalue weighted by Gasteiger charge is 2.40. The summed E-state index contributed by atoms with van der Waals surface area (Å²) in [6, 6.07) is 2.13. The lowest BCUT2D eigenvalue weighted by atomic mass is 9.66. The monoisotopic (exact) mass is 137 g/mol. The second-order valence-corrected chi connectivity index (χ2v) is 3.01. The number of aliphatic hydroxyl groups is 1. The van der Waals surface area contributed by atoms with E-state index in [1.54, 1.807) is 6.92 Å². The van der Waals surface area contributed by atoms with Gasteiger partial charge in [0.2, 0.25) is 0 Å². The van der Waals surface area contributed by atoms with E-state index >= 15 is 0 Å². The minimum absolute atomic E-state index is 0.104. The molecule has 54 valence electrons. The third-order valence-electron chi connectivity index (χ3n) is 2.36. The number of hydrogen-bond donors (Lipinski definition) is 1. The van der Waals surface area contributed by atoms with Crippen LogP contribution in [0, 0.1) is 22.7 Å². The van der Waals surface area contributed by atoms with Gasteiger partial charge in [0.1, 0.15) is 0 Å². The minimum atomic E-state index is -0.429. The molecule has 0 bridgehead atoms. The molecule has 0 aromatic carbocycles. The summed E-state index contributed by atoms with van der Waals surface area (Å²) >= 11 is 0. The van der Waals surface area contributed by atoms with Crippen molar-refractivity contribution in [3.05, 3.63) is 12.2 Å². The first-order chi connectivity index (χ1) is 4.61. The normalized spacial score (nSPS) is 40.0. The summed E-state index contributed by atoms with van der Waals surface area (Å²) in [5.41, 5.74) is -0.297. The highest BCUT2D eigenvalue weighted by molar-refractivity contribution is 5.25. The third-order valence-corrected chi connectivity index (χ3v) is 2.36. The number of aliphatic hydroxyl groups excluding tert-OH is 1. The quantitative estimate of drug-likeness (QED) is 0.549. The van der Waals surface area contributed by atoms with Crippen LogP contribution in [0.4, 0.5) is 0 Å². The Hall–Kier alpha value is -0.810. The molecule has 0 aromatic rings. The number of allylic oxidation sites excluding steroid dienone is 1. The summed E-state index contributed by atoms with van der Waals surface area (Å²) in [6.45, 7) is 3.61. The second-order valence-electron chi connectivity index (χ2n) is 3.01. The van der Waals surface area contributed by atoms with E-state index in [9.17, 15) is 5.11 Å². The minimum Gasteiger partial charge on any atom is -0.392 e. The fourth-order valence-electron chi connectivity index (χ4n) is 1.08. The number of hydrogen-bond acceptors (Lipinski definition) is 2. The molecule has 0 radical (unpaired) electrons. The van der Waals surface area contributed by atoms with E-state index in [4.69, 9.17) is 5.26 Å². The van der Waals surface area contributed by atoms with Crippen LogP contribution in [0.15, 0.2) is 12.2 Å². The van der Waals surface area contributed by atoms with Crippen molar-refractivity contribution in [2.75, 3.05) is 0 Å². The molecule has 0 heterocycles. The van der Waals surface area contributed by atoms with Gasteiger partial charge < -0.3 is 5.11 Å². The third kappa shape index (κ3) is 0.748. The van der Waals surface area contributed by atoms with Crippen molar-refractivity contribution in [1.82, 2.24) is 0 Å². The highest BCUT2D eigenvalue weighted by Crippen LogP contribution is 2.41. The lowest BCUT2D eigenvalue weighted by Crippen LogP contribution is -2.39. The lowest BCUT2D eigenvalue weighted by molar-refractivity contribution is 0.0576. The summed E-state index contributed by atoms with van der Waals surface area (Å²) in [6.07, 6.45) is 3.29. The maximum absolute atomic E-state index is 9.23. The Bertz CT molecular complexity index is 202. The van der Waals surface area contributed by atoms with Crippen LogP contribution in [-0.2, 0) is 0 Å². The maximum Gasteiger partial charge on any atom is 0.0756 e. The van der Waals surface area contributed by atoms with Crippen LogP contribution in [0.25, 0.3) is 0 Å². The Kier molecular flexibility index (Phi) is 1.53. The van der Waals surface area contributed by atoms with Gasteiger partial charge in [-0.05, 0) is 6.92 Å². The predicted octanol–water partition coefficient (Wildman–Crippen LogP) is 1.08. The topological polar surface area (TPSA) is 44.0 Å². The number of nitriles is 1. The van der Waals surface area contributed by atoms with Crippen molar-refractivity contribution >= 4 is 0 Å². The Morgan fingerprint density at radius 1 is 1.80 bits per heavy atom. The van der Waals surface area contributed by atoms with Gasteiger partial charge in [-0.25, -0.2) is 0 Å². The van der Waals surface area contributed by atoms with Gasteiger partial charge in [-0.1, -0.05) is 19.1 Å². The van der Waals surface area contributed by atoms with Gasteiger partial charge in [-0.2, -0.15) is 5.26 Å². The molecule has 2 nitrogen and oxygen atoms in total. The van der Waals surface area contributed by atoms with Crippen molar-refractivity contribution in [2.24, 2.45) is 11.3 Å². The molecule has 0 saturated carbocycles. The zero-order chi connectivity index (χ0) is 7.78. The first-order valence-electron chi connectivity index (χ1n) is 3.38. The molecule has 10 heavy (non-hydrogen) atoms. The van der Waals surface area contributed by atoms with Crippen LogP contribution in [0.1, 0.15) is 13.8 Å². The van der Waals surface area contributed by atoms with E-state index in [2.05, 4.69) is 6.07 Å². The van der Waals surface area contributed by atoms with E-state index in [0.717, 1.165) is 0 Å². The van der Waals surface area contributed by atoms with Crippen molar-refractivity contribution in [2.45, 2.75) is 20.0 Å². The van der Waals surface area contributed by atoms with Crippen molar-refractivity contribution < 1.29 is 5.11 Å². The predicted molar refractivity (Wildman–Crippen MR) is 38.0 cm³/mol. The lowest BCUT2D eigenvalue weighted by Gasteiger charge is -2.38. The van der Waals surface area contributed by atoms with E-state index in [1.165, 1.54) is 0 Å². The fourth-order valence-corrected chi connectivity index (χ4v) is 1.08. The molecule has 0 saturated heterocycles. The average Bonchev–Trinajstić information content (AvgIpc) is 1.85. The van der Waals surface area contributed by atoms with E-state index in [-0.39, 0.29) is 11.3 Å². The highest BCUT2D eigenvalue weighted by atomic mass is 16.3. The molecule has 0 fully saturated rings. The van der Waals surface area contributed by atoms with Crippen molar-refractivity contribution in [3.63, 3.8) is 0 Å². The summed E-state index contributed by atoms with van der Waals surface area (Å²) in [5.74, 6) is -0.104. The van der Waals surface area contributed by atoms with Crippen molar-refractivity contribution in [1.29, 1.82) is 5.26 Å². The molecule has 1 aliphatic carbocycles. The molecule has 1 rings (SSSR count). The molecular weight excluding hydrogens is 126 g/mol. The Labute approximate surface area is 60.8 Å². The fraction of sp³-hybridized carbons (Fsp3) is 0.625. The van der Waals surface area contributed by atoms with Gasteiger partial charge in [0.05, 0.1) is 18.1 Å². The Morgan fingerprint density at radius 2 is 2.40 bits per heavy atom. The molecule has 3 atom stereocenters. The molecule has 2 heteroatoms. The average molecular weight is 137 g/mol. The molecule has 0 aromatic heterocycles. The largest absolute Gasteiger partial charge is 0.392 e. The summed E-state index contributed by atoms with van der Waals surface area (Å²) in [5, 5.41) is 17.8. The van der Waals surface area contributed by atoms with Crippen LogP contribution in [0.3, 0.4) is 0 Å². The zero-order valence-electron chi connectivity index (χ0n) is 6.20. The molecule has 0 aliphatic heterocycles. The molecule has 1 unspecified atom stereocenters. The van der Waals surface area contributed by atoms with Crippen LogP contribution in [0.2, 0.25) is 0 Å². The van der Waals surface area contributed by atoms with Gasteiger partial charge in [0.25, 0.3) is 0 Å². The molecule has 0 amide bonds. The smallest absolute Gasteiger partial charge is 0.0756 e. The van der Waals surface area contributed by atoms with E-state index in [0.29, 0.717) is 0 Å². The maximum atomic E-state index is 9.23. The summed E-state index contributed by atoms with van der Waals surface area (Å²) in [4.78, 5) is 0. The van der Waals surface area contributed by atoms with Crippen LogP contribution < -0.4 is 0 Å². The summed E-state index contributed by atoms with van der Waals surface area (Å²) in [7, 11) is 0. The molecule has 1 aliphatic rings. The van der Waals surface area contributed by atoms with Crippen LogP contribution >= 0.6 is 0 Å². The molecule has 0 spiro atoms. The van der Waals surface area contributed by atoms with Crippen LogP contribution in [0.5, 0.6) is 0 Å². The Morgan fingerprint density at radius 3 is 2.50 bits per heavy atom. The second kappa shape index (κ2) is 2.10. The van der Waals surface area contributed by atoms with Crippen LogP contribution in [-0.4, -0.2) is 11.2 Å². The van der Waals surface area contributed by atoms with Crippen molar-refractivity contribution in [3.8, 4) is 6.07 Å². The first kappa shape index (κ1) is 7.30. The van der Waals surface area contributed by atoms with Gasteiger partial charge >= 0.3 is 0 Å². The SMILES string of the molecule is CC(O)[C@@]1(C)C=C[C@H]1C#N. The number of nitrogens with zero attached hydrogens (tertiary/aromatic N) is 1.